The van der Waals surface area contributed by atoms with Gasteiger partial charge in [0, 0.05) is 6.08 Å². The fourth-order valence-corrected chi connectivity index (χ4v) is 1.97. The van der Waals surface area contributed by atoms with Crippen LogP contribution in [0.5, 0.6) is 0 Å². The van der Waals surface area contributed by atoms with Crippen LogP contribution in [0.2, 0.25) is 0 Å². The van der Waals surface area contributed by atoms with Crippen LogP contribution in [0, 0.1) is 0 Å². The smallest absolute Gasteiger partial charge is 0.235 e. The first-order valence-electron chi connectivity index (χ1n) is 6.62. The van der Waals surface area contributed by atoms with Crippen molar-refractivity contribution >= 4 is 17.6 Å². The first kappa shape index (κ1) is 14.8. The lowest BCUT2D eigenvalue weighted by Crippen LogP contribution is -2.09. The summed E-state index contributed by atoms with van der Waals surface area (Å²) in [6, 6.07) is 9.56. The van der Waals surface area contributed by atoms with E-state index in [0.29, 0.717) is 6.61 Å². The Morgan fingerprint density at radius 2 is 1.90 bits per heavy atom. The molecule has 1 aromatic carbocycles. The summed E-state index contributed by atoms with van der Waals surface area (Å²) in [5.41, 5.74) is 0.967. The maximum Gasteiger partial charge on any atom is 0.235 e. The van der Waals surface area contributed by atoms with Crippen LogP contribution in [0.25, 0.3) is 6.08 Å². The van der Waals surface area contributed by atoms with Crippen LogP contribution in [0.4, 0.5) is 0 Å². The third-order valence-electron chi connectivity index (χ3n) is 2.95. The molecule has 0 saturated carbocycles. The van der Waals surface area contributed by atoms with Crippen molar-refractivity contribution in [2.75, 3.05) is 13.7 Å². The highest BCUT2D eigenvalue weighted by Gasteiger charge is 2.32. The molecule has 0 N–H and O–H groups in total. The quantitative estimate of drug-likeness (QED) is 0.474. The average molecular weight is 284 g/mol. The van der Waals surface area contributed by atoms with Crippen molar-refractivity contribution < 1.29 is 19.1 Å². The van der Waals surface area contributed by atoms with Crippen molar-refractivity contribution in [3.05, 3.63) is 65.1 Å². The number of ether oxygens (including phenoxy) is 2. The van der Waals surface area contributed by atoms with Gasteiger partial charge >= 0.3 is 0 Å². The molecule has 0 spiro atoms. The third-order valence-corrected chi connectivity index (χ3v) is 2.95. The van der Waals surface area contributed by atoms with Crippen molar-refractivity contribution in [2.24, 2.45) is 0 Å². The van der Waals surface area contributed by atoms with Gasteiger partial charge in [-0.25, -0.2) is 0 Å². The number of hydrogen-bond donors (Lipinski definition) is 0. The molecule has 0 radical (unpaired) electrons. The second-order valence-electron chi connectivity index (χ2n) is 4.32. The second-order valence-corrected chi connectivity index (χ2v) is 4.32. The van der Waals surface area contributed by atoms with Crippen molar-refractivity contribution in [1.82, 2.24) is 0 Å². The summed E-state index contributed by atoms with van der Waals surface area (Å²) in [7, 11) is 1.36. The van der Waals surface area contributed by atoms with Crippen LogP contribution >= 0.6 is 0 Å². The average Bonchev–Trinajstić information content (AvgIpc) is 2.79. The summed E-state index contributed by atoms with van der Waals surface area (Å²) >= 11 is 0. The molecule has 4 heteroatoms. The zero-order valence-electron chi connectivity index (χ0n) is 12.0. The van der Waals surface area contributed by atoms with Crippen LogP contribution < -0.4 is 0 Å². The number of rotatable bonds is 5. The Balaban J connectivity index is 2.35. The van der Waals surface area contributed by atoms with Crippen molar-refractivity contribution in [3.63, 3.8) is 0 Å². The van der Waals surface area contributed by atoms with Gasteiger partial charge in [-0.1, -0.05) is 36.4 Å². The Bertz CT molecular complexity index is 636. The molecule has 0 heterocycles. The molecule has 0 atom stereocenters. The molecule has 21 heavy (non-hydrogen) atoms. The SMILES string of the molecule is CCOC(/C=C/c1ccccc1)=C1/C(=O)C=C(OC)C1=O. The molecule has 0 bridgehead atoms. The molecule has 1 aliphatic rings. The van der Waals surface area contributed by atoms with E-state index in [1.54, 1.807) is 19.1 Å². The lowest BCUT2D eigenvalue weighted by atomic mass is 10.1. The van der Waals surface area contributed by atoms with E-state index in [2.05, 4.69) is 0 Å². The predicted octanol–water partition coefficient (Wildman–Crippen LogP) is 2.67. The Labute approximate surface area is 123 Å². The predicted molar refractivity (Wildman–Crippen MR) is 79.2 cm³/mol. The highest BCUT2D eigenvalue weighted by Crippen LogP contribution is 2.23. The number of ketones is 2. The van der Waals surface area contributed by atoms with Gasteiger partial charge < -0.3 is 9.47 Å². The fraction of sp³-hybridized carbons (Fsp3) is 0.176. The standard InChI is InChI=1S/C17H16O4/c1-3-21-14(10-9-12-7-5-4-6-8-12)16-13(18)11-15(20-2)17(16)19/h4-11H,3H2,1-2H3/b10-9+,16-14-. The van der Waals surface area contributed by atoms with Gasteiger partial charge in [0.15, 0.2) is 11.5 Å². The van der Waals surface area contributed by atoms with E-state index in [1.165, 1.54) is 13.2 Å². The first-order valence-corrected chi connectivity index (χ1v) is 6.62. The highest BCUT2D eigenvalue weighted by molar-refractivity contribution is 6.35. The van der Waals surface area contributed by atoms with Crippen LogP contribution in [0.15, 0.2) is 59.6 Å². The van der Waals surface area contributed by atoms with Crippen molar-refractivity contribution in [3.8, 4) is 0 Å². The molecule has 0 saturated heterocycles. The molecule has 1 aromatic rings. The minimum absolute atomic E-state index is 0.0147. The summed E-state index contributed by atoms with van der Waals surface area (Å²) in [5.74, 6) is -0.526. The van der Waals surface area contributed by atoms with E-state index in [9.17, 15) is 9.59 Å². The van der Waals surface area contributed by atoms with Gasteiger partial charge in [0.1, 0.15) is 11.3 Å². The van der Waals surface area contributed by atoms with Gasteiger partial charge in [-0.3, -0.25) is 9.59 Å². The third kappa shape index (κ3) is 3.28. The Morgan fingerprint density at radius 3 is 2.48 bits per heavy atom. The van der Waals surface area contributed by atoms with E-state index < -0.39 is 11.6 Å². The maximum absolute atomic E-state index is 12.1. The highest BCUT2D eigenvalue weighted by atomic mass is 16.5. The second kappa shape index (κ2) is 6.70. The lowest BCUT2D eigenvalue weighted by Gasteiger charge is -2.07. The Hall–Kier alpha value is -2.62. The molecule has 0 aliphatic heterocycles. The van der Waals surface area contributed by atoms with E-state index in [-0.39, 0.29) is 17.1 Å². The van der Waals surface area contributed by atoms with Crippen molar-refractivity contribution in [1.29, 1.82) is 0 Å². The topological polar surface area (TPSA) is 52.6 Å². The number of Topliss-reactive ketones (excluding diaryl/α,β-unsaturated/α-hetero) is 1. The molecule has 108 valence electrons. The van der Waals surface area contributed by atoms with E-state index in [0.717, 1.165) is 5.56 Å². The van der Waals surface area contributed by atoms with Crippen LogP contribution in [-0.4, -0.2) is 25.3 Å². The molecular weight excluding hydrogens is 268 g/mol. The maximum atomic E-state index is 12.1. The molecule has 0 fully saturated rings. The van der Waals surface area contributed by atoms with E-state index >= 15 is 0 Å². The summed E-state index contributed by atoms with van der Waals surface area (Å²) in [6.45, 7) is 2.16. The fourth-order valence-electron chi connectivity index (χ4n) is 1.97. The van der Waals surface area contributed by atoms with Gasteiger partial charge in [-0.2, -0.15) is 0 Å². The molecule has 0 aromatic heterocycles. The largest absolute Gasteiger partial charge is 0.493 e. The van der Waals surface area contributed by atoms with Crippen LogP contribution in [0.1, 0.15) is 12.5 Å². The molecular formula is C17H16O4. The number of allylic oxidation sites excluding steroid dienone is 3. The van der Waals surface area contributed by atoms with Crippen LogP contribution in [0.3, 0.4) is 0 Å². The number of benzene rings is 1. The minimum Gasteiger partial charge on any atom is -0.493 e. The molecule has 2 rings (SSSR count). The molecule has 0 unspecified atom stereocenters. The monoisotopic (exact) mass is 284 g/mol. The summed E-state index contributed by atoms with van der Waals surface area (Å²) in [6.07, 6.45) is 4.62. The zero-order chi connectivity index (χ0) is 15.2. The number of hydrogen-bond acceptors (Lipinski definition) is 4. The summed E-state index contributed by atoms with van der Waals surface area (Å²) in [4.78, 5) is 24.0. The normalized spacial score (nSPS) is 17.1. The lowest BCUT2D eigenvalue weighted by molar-refractivity contribution is -0.117. The van der Waals surface area contributed by atoms with Gasteiger partial charge in [0.05, 0.1) is 13.7 Å². The Morgan fingerprint density at radius 1 is 1.19 bits per heavy atom. The van der Waals surface area contributed by atoms with Crippen molar-refractivity contribution in [2.45, 2.75) is 6.92 Å². The number of methoxy groups -OCH3 is 1. The molecule has 1 aliphatic carbocycles. The van der Waals surface area contributed by atoms with Crippen LogP contribution in [-0.2, 0) is 19.1 Å². The number of carbonyl (C=O) groups is 2. The minimum atomic E-state index is -0.441. The van der Waals surface area contributed by atoms with Gasteiger partial charge in [-0.15, -0.1) is 0 Å². The van der Waals surface area contributed by atoms with Gasteiger partial charge in [0.2, 0.25) is 5.78 Å². The zero-order valence-corrected chi connectivity index (χ0v) is 12.0. The number of carbonyl (C=O) groups excluding carboxylic acids is 2. The summed E-state index contributed by atoms with van der Waals surface area (Å²) in [5, 5.41) is 0. The van der Waals surface area contributed by atoms with Gasteiger partial charge in [-0.05, 0) is 18.6 Å². The molecule has 0 amide bonds. The Kier molecular flexibility index (Phi) is 4.72. The first-order chi connectivity index (χ1) is 10.2. The molecule has 4 nitrogen and oxygen atoms in total. The summed E-state index contributed by atoms with van der Waals surface area (Å²) < 4.78 is 10.3. The van der Waals surface area contributed by atoms with E-state index in [1.807, 2.05) is 30.3 Å². The van der Waals surface area contributed by atoms with E-state index in [4.69, 9.17) is 9.47 Å². The van der Waals surface area contributed by atoms with Gasteiger partial charge in [0.25, 0.3) is 0 Å².